The number of piperazine rings is 1. The second-order valence-corrected chi connectivity index (χ2v) is 7.19. The molecule has 1 aliphatic rings. The number of aromatic carboxylic acids is 1. The number of hydrogen-bond donors (Lipinski definition) is 1. The molecule has 1 aromatic heterocycles. The van der Waals surface area contributed by atoms with Gasteiger partial charge in [-0.15, -0.1) is 5.10 Å². The van der Waals surface area contributed by atoms with Gasteiger partial charge in [-0.05, 0) is 39.0 Å². The van der Waals surface area contributed by atoms with Crippen molar-refractivity contribution in [2.45, 2.75) is 26.4 Å². The number of hydrogen-bond acceptors (Lipinski definition) is 6. The first-order chi connectivity index (χ1) is 12.3. The molecule has 1 fully saturated rings. The highest BCUT2D eigenvalue weighted by Crippen LogP contribution is 2.29. The number of nitrogens with zero attached hydrogens (tertiary/aromatic N) is 4. The summed E-state index contributed by atoms with van der Waals surface area (Å²) < 4.78 is 5.42. The maximum Gasteiger partial charge on any atom is 0.410 e. The second-order valence-electron chi connectivity index (χ2n) is 7.19. The van der Waals surface area contributed by atoms with Gasteiger partial charge in [-0.2, -0.15) is 5.10 Å². The summed E-state index contributed by atoms with van der Waals surface area (Å²) in [4.78, 5) is 27.4. The van der Waals surface area contributed by atoms with Gasteiger partial charge in [-0.1, -0.05) is 0 Å². The van der Waals surface area contributed by atoms with E-state index in [1.807, 2.05) is 20.8 Å². The Labute approximate surface area is 151 Å². The summed E-state index contributed by atoms with van der Waals surface area (Å²) in [5.41, 5.74) is 0.871. The van der Waals surface area contributed by atoms with Crippen molar-refractivity contribution in [2.24, 2.45) is 0 Å². The summed E-state index contributed by atoms with van der Waals surface area (Å²) in [6.07, 6.45) is 1.24. The lowest BCUT2D eigenvalue weighted by molar-refractivity contribution is 0.0240. The Morgan fingerprint density at radius 2 is 1.81 bits per heavy atom. The first-order valence-corrected chi connectivity index (χ1v) is 8.47. The summed E-state index contributed by atoms with van der Waals surface area (Å²) in [6.45, 7) is 7.87. The highest BCUT2D eigenvalue weighted by molar-refractivity contribution is 6.05. The van der Waals surface area contributed by atoms with Gasteiger partial charge in [0, 0.05) is 37.3 Å². The molecule has 8 heteroatoms. The third kappa shape index (κ3) is 3.68. The van der Waals surface area contributed by atoms with Crippen molar-refractivity contribution >= 4 is 28.7 Å². The zero-order chi connectivity index (χ0) is 18.9. The predicted molar refractivity (Wildman–Crippen MR) is 96.5 cm³/mol. The number of aromatic nitrogens is 2. The van der Waals surface area contributed by atoms with Crippen molar-refractivity contribution in [1.82, 2.24) is 15.1 Å². The van der Waals surface area contributed by atoms with Crippen molar-refractivity contribution in [3.05, 3.63) is 30.0 Å². The van der Waals surface area contributed by atoms with Gasteiger partial charge in [-0.3, -0.25) is 0 Å². The number of carbonyl (C=O) groups is 2. The normalized spacial score (nSPS) is 15.2. The van der Waals surface area contributed by atoms with Crippen molar-refractivity contribution in [3.8, 4) is 0 Å². The first kappa shape index (κ1) is 17.9. The van der Waals surface area contributed by atoms with Crippen LogP contribution in [0, 0.1) is 0 Å². The van der Waals surface area contributed by atoms with Crippen molar-refractivity contribution in [2.75, 3.05) is 31.1 Å². The van der Waals surface area contributed by atoms with Crippen LogP contribution < -0.4 is 4.90 Å². The van der Waals surface area contributed by atoms with Crippen LogP contribution in [0.15, 0.2) is 24.4 Å². The third-order valence-corrected chi connectivity index (χ3v) is 4.16. The Kier molecular flexibility index (Phi) is 4.67. The van der Waals surface area contributed by atoms with E-state index in [1.54, 1.807) is 29.3 Å². The molecule has 0 radical (unpaired) electrons. The molecule has 0 unspecified atom stereocenters. The monoisotopic (exact) mass is 358 g/mol. The molecule has 8 nitrogen and oxygen atoms in total. The number of rotatable bonds is 2. The number of carboxylic acids is 1. The smallest absolute Gasteiger partial charge is 0.410 e. The second kappa shape index (κ2) is 6.78. The lowest BCUT2D eigenvalue weighted by atomic mass is 10.1. The quantitative estimate of drug-likeness (QED) is 0.880. The molecule has 2 heterocycles. The zero-order valence-corrected chi connectivity index (χ0v) is 15.1. The highest BCUT2D eigenvalue weighted by atomic mass is 16.6. The van der Waals surface area contributed by atoms with Gasteiger partial charge in [0.25, 0.3) is 0 Å². The molecule has 1 amide bonds. The standard InChI is InChI=1S/C18H22N4O4/c1-18(2,3)26-17(25)22-10-8-21(9-11-22)14-5-4-13(16(23)24)15-12(14)6-7-19-20-15/h4-7H,8-11H2,1-3H3,(H,23,24). The molecule has 2 aromatic rings. The fourth-order valence-corrected chi connectivity index (χ4v) is 2.97. The van der Waals surface area contributed by atoms with E-state index < -0.39 is 11.6 Å². The van der Waals surface area contributed by atoms with Gasteiger partial charge in [0.15, 0.2) is 0 Å². The van der Waals surface area contributed by atoms with Gasteiger partial charge >= 0.3 is 12.1 Å². The van der Waals surface area contributed by atoms with Crippen LogP contribution in [0.25, 0.3) is 10.9 Å². The zero-order valence-electron chi connectivity index (χ0n) is 15.1. The minimum Gasteiger partial charge on any atom is -0.478 e. The molecule has 1 aliphatic heterocycles. The first-order valence-electron chi connectivity index (χ1n) is 8.47. The SMILES string of the molecule is CC(C)(C)OC(=O)N1CCN(c2ccc(C(=O)O)c3nnccc23)CC1. The number of amides is 1. The Bertz CT molecular complexity index is 839. The molecule has 138 valence electrons. The van der Waals surface area contributed by atoms with E-state index in [9.17, 15) is 14.7 Å². The van der Waals surface area contributed by atoms with E-state index in [0.717, 1.165) is 11.1 Å². The number of carbonyl (C=O) groups excluding carboxylic acids is 1. The van der Waals surface area contributed by atoms with E-state index >= 15 is 0 Å². The molecule has 0 bridgehead atoms. The minimum atomic E-state index is -1.03. The van der Waals surface area contributed by atoms with Crippen molar-refractivity contribution in [3.63, 3.8) is 0 Å². The Hall–Kier alpha value is -2.90. The van der Waals surface area contributed by atoms with Crippen LogP contribution in [-0.4, -0.2) is 64.0 Å². The number of carboxylic acid groups (broad SMARTS) is 1. The van der Waals surface area contributed by atoms with Gasteiger partial charge in [0.2, 0.25) is 0 Å². The maximum atomic E-state index is 12.2. The average molecular weight is 358 g/mol. The van der Waals surface area contributed by atoms with Crippen LogP contribution in [0.2, 0.25) is 0 Å². The van der Waals surface area contributed by atoms with E-state index in [-0.39, 0.29) is 11.7 Å². The molecule has 26 heavy (non-hydrogen) atoms. The molecular formula is C18H22N4O4. The number of benzene rings is 1. The van der Waals surface area contributed by atoms with Gasteiger partial charge < -0.3 is 19.6 Å². The maximum absolute atomic E-state index is 12.2. The third-order valence-electron chi connectivity index (χ3n) is 4.16. The summed E-state index contributed by atoms with van der Waals surface area (Å²) in [6, 6.07) is 5.11. The Morgan fingerprint density at radius 3 is 2.42 bits per heavy atom. The summed E-state index contributed by atoms with van der Waals surface area (Å²) in [5.74, 6) is -1.03. The molecule has 0 spiro atoms. The lowest BCUT2D eigenvalue weighted by Gasteiger charge is -2.37. The molecule has 0 aliphatic carbocycles. The molecule has 1 saturated heterocycles. The summed E-state index contributed by atoms with van der Waals surface area (Å²) in [7, 11) is 0. The van der Waals surface area contributed by atoms with Crippen LogP contribution in [0.3, 0.4) is 0 Å². The van der Waals surface area contributed by atoms with Crippen LogP contribution in [-0.2, 0) is 4.74 Å². The average Bonchev–Trinajstić information content (AvgIpc) is 2.59. The summed E-state index contributed by atoms with van der Waals surface area (Å²) in [5, 5.41) is 17.9. The predicted octanol–water partition coefficient (Wildman–Crippen LogP) is 2.39. The Morgan fingerprint density at radius 1 is 1.12 bits per heavy atom. The van der Waals surface area contributed by atoms with Gasteiger partial charge in [0.05, 0.1) is 11.8 Å². The number of fused-ring (bicyclic) bond motifs is 1. The van der Waals surface area contributed by atoms with E-state index in [0.29, 0.717) is 31.7 Å². The fraction of sp³-hybridized carbons (Fsp3) is 0.444. The molecule has 1 N–H and O–H groups in total. The number of anilines is 1. The molecule has 0 atom stereocenters. The topological polar surface area (TPSA) is 95.9 Å². The van der Waals surface area contributed by atoms with Crippen molar-refractivity contribution < 1.29 is 19.4 Å². The van der Waals surface area contributed by atoms with Gasteiger partial charge in [0.1, 0.15) is 11.1 Å². The molecular weight excluding hydrogens is 336 g/mol. The molecule has 1 aromatic carbocycles. The molecule has 0 saturated carbocycles. The minimum absolute atomic E-state index is 0.129. The highest BCUT2D eigenvalue weighted by Gasteiger charge is 2.27. The van der Waals surface area contributed by atoms with Crippen LogP contribution >= 0.6 is 0 Å². The van der Waals surface area contributed by atoms with E-state index in [2.05, 4.69) is 15.1 Å². The number of ether oxygens (including phenoxy) is 1. The summed E-state index contributed by atoms with van der Waals surface area (Å²) >= 11 is 0. The van der Waals surface area contributed by atoms with Gasteiger partial charge in [-0.25, -0.2) is 9.59 Å². The van der Waals surface area contributed by atoms with Crippen LogP contribution in [0.5, 0.6) is 0 Å². The van der Waals surface area contributed by atoms with Crippen LogP contribution in [0.1, 0.15) is 31.1 Å². The van der Waals surface area contributed by atoms with E-state index in [4.69, 9.17) is 4.74 Å². The lowest BCUT2D eigenvalue weighted by Crippen LogP contribution is -2.50. The van der Waals surface area contributed by atoms with Crippen molar-refractivity contribution in [1.29, 1.82) is 0 Å². The van der Waals surface area contributed by atoms with E-state index in [1.165, 1.54) is 0 Å². The molecule has 3 rings (SSSR count). The fourth-order valence-electron chi connectivity index (χ4n) is 2.97. The largest absolute Gasteiger partial charge is 0.478 e. The Balaban J connectivity index is 1.79. The van der Waals surface area contributed by atoms with Crippen LogP contribution in [0.4, 0.5) is 10.5 Å².